The van der Waals surface area contributed by atoms with E-state index in [1.807, 2.05) is 0 Å². The van der Waals surface area contributed by atoms with E-state index >= 15 is 0 Å². The molecule has 0 aliphatic rings. The third-order valence-corrected chi connectivity index (χ3v) is 5.65. The summed E-state index contributed by atoms with van der Waals surface area (Å²) in [6.45, 7) is 0. The highest BCUT2D eigenvalue weighted by atomic mass is 32.2. The predicted octanol–water partition coefficient (Wildman–Crippen LogP) is -2.10. The maximum atomic E-state index is 12.9. The van der Waals surface area contributed by atoms with Crippen molar-refractivity contribution in [2.24, 2.45) is 11.5 Å². The number of carboxylic acid groups (broad SMARTS) is 2. The van der Waals surface area contributed by atoms with Crippen LogP contribution < -0.4 is 27.4 Å². The molecule has 37 heavy (non-hydrogen) atoms. The second-order valence-electron chi connectivity index (χ2n) is 8.05. The average molecular weight is 542 g/mol. The van der Waals surface area contributed by atoms with Crippen molar-refractivity contribution in [3.8, 4) is 5.75 Å². The average Bonchev–Trinajstić information content (AvgIpc) is 2.81. The van der Waals surface area contributed by atoms with Gasteiger partial charge in [0, 0.05) is 6.42 Å². The molecule has 0 aliphatic heterocycles. The van der Waals surface area contributed by atoms with E-state index in [1.54, 1.807) is 6.26 Å². The van der Waals surface area contributed by atoms with Crippen molar-refractivity contribution in [3.63, 3.8) is 0 Å². The lowest BCUT2D eigenvalue weighted by molar-refractivity contribution is -0.143. The quantitative estimate of drug-likeness (QED) is 0.112. The fourth-order valence-electron chi connectivity index (χ4n) is 3.09. The van der Waals surface area contributed by atoms with Crippen molar-refractivity contribution in [3.05, 3.63) is 29.8 Å². The summed E-state index contributed by atoms with van der Waals surface area (Å²) >= 11 is 1.35. The fourth-order valence-corrected chi connectivity index (χ4v) is 3.56. The Kier molecular flexibility index (Phi) is 12.9. The number of phenols is 1. The van der Waals surface area contributed by atoms with E-state index in [0.29, 0.717) is 11.3 Å². The molecule has 0 spiro atoms. The Hall–Kier alpha value is -3.85. The summed E-state index contributed by atoms with van der Waals surface area (Å²) in [5.41, 5.74) is 11.1. The number of nitrogens with one attached hydrogen (secondary N) is 3. The summed E-state index contributed by atoms with van der Waals surface area (Å²) < 4.78 is 0. The predicted molar refractivity (Wildman–Crippen MR) is 132 cm³/mol. The number of aliphatic carboxylic acids is 2. The number of hydrogen-bond donors (Lipinski definition) is 8. The van der Waals surface area contributed by atoms with Crippen LogP contribution in [0.15, 0.2) is 24.3 Å². The first-order valence-corrected chi connectivity index (χ1v) is 12.4. The molecule has 0 heterocycles. The number of carboxylic acids is 2. The molecule has 4 unspecified atom stereocenters. The van der Waals surface area contributed by atoms with Crippen LogP contribution >= 0.6 is 11.8 Å². The van der Waals surface area contributed by atoms with Crippen molar-refractivity contribution in [1.29, 1.82) is 0 Å². The Labute approximate surface area is 216 Å². The van der Waals surface area contributed by atoms with Gasteiger partial charge >= 0.3 is 11.9 Å². The summed E-state index contributed by atoms with van der Waals surface area (Å²) in [5.74, 6) is -6.13. The van der Waals surface area contributed by atoms with Crippen molar-refractivity contribution in [2.45, 2.75) is 49.9 Å². The zero-order chi connectivity index (χ0) is 28.1. The van der Waals surface area contributed by atoms with Crippen LogP contribution in [0.25, 0.3) is 0 Å². The number of thioether (sulfide) groups is 1. The summed E-state index contributed by atoms with van der Waals surface area (Å²) in [5, 5.41) is 35.0. The lowest BCUT2D eigenvalue weighted by atomic mass is 10.0. The number of nitrogens with two attached hydrogens (primary N) is 2. The van der Waals surface area contributed by atoms with E-state index in [-0.39, 0.29) is 18.6 Å². The Morgan fingerprint density at radius 2 is 1.41 bits per heavy atom. The number of hydrogen-bond acceptors (Lipinski definition) is 9. The normalized spacial score (nSPS) is 13.9. The molecule has 0 aliphatic carbocycles. The van der Waals surface area contributed by atoms with Gasteiger partial charge in [0.05, 0.1) is 18.9 Å². The standard InChI is InChI=1S/C22H31N5O9S/c1-37-7-6-14(20(33)27-16(22(35)36)8-11-2-4-12(28)5-3-11)25-21(34)15(10-18(30)31)26-19(32)13(23)9-17(24)29/h2-5,13-16,28H,6-10,23H2,1H3,(H2,24,29)(H,25,34)(H,26,32)(H,27,33)(H,30,31)(H,35,36). The Balaban J connectivity index is 3.01. The van der Waals surface area contributed by atoms with Crippen LogP contribution in [0.5, 0.6) is 5.75 Å². The number of aromatic hydroxyl groups is 1. The summed E-state index contributed by atoms with van der Waals surface area (Å²) in [4.78, 5) is 71.9. The molecule has 0 saturated carbocycles. The summed E-state index contributed by atoms with van der Waals surface area (Å²) in [7, 11) is 0. The third kappa shape index (κ3) is 11.6. The second kappa shape index (κ2) is 15.3. The molecule has 10 N–H and O–H groups in total. The van der Waals surface area contributed by atoms with Gasteiger partial charge in [-0.2, -0.15) is 11.8 Å². The molecule has 1 aromatic carbocycles. The largest absolute Gasteiger partial charge is 0.508 e. The molecule has 0 fully saturated rings. The molecule has 1 aromatic rings. The van der Waals surface area contributed by atoms with Crippen LogP contribution in [-0.2, 0) is 35.2 Å². The first-order chi connectivity index (χ1) is 17.3. The number of phenolic OH excluding ortho intramolecular Hbond substituents is 1. The number of rotatable bonds is 16. The molecule has 204 valence electrons. The molecule has 0 aromatic heterocycles. The van der Waals surface area contributed by atoms with Crippen molar-refractivity contribution in [2.75, 3.05) is 12.0 Å². The van der Waals surface area contributed by atoms with E-state index in [4.69, 9.17) is 16.6 Å². The van der Waals surface area contributed by atoms with E-state index in [1.165, 1.54) is 36.0 Å². The highest BCUT2D eigenvalue weighted by Crippen LogP contribution is 2.12. The minimum atomic E-state index is -1.64. The van der Waals surface area contributed by atoms with Gasteiger partial charge in [0.2, 0.25) is 23.6 Å². The van der Waals surface area contributed by atoms with Crippen LogP contribution in [-0.4, -0.2) is 87.1 Å². The zero-order valence-corrected chi connectivity index (χ0v) is 20.8. The van der Waals surface area contributed by atoms with Gasteiger partial charge in [-0.3, -0.25) is 24.0 Å². The number of carbonyl (C=O) groups excluding carboxylic acids is 4. The van der Waals surface area contributed by atoms with Crippen molar-refractivity contribution >= 4 is 47.3 Å². The van der Waals surface area contributed by atoms with Gasteiger partial charge in [0.1, 0.15) is 23.9 Å². The van der Waals surface area contributed by atoms with Crippen LogP contribution in [0.1, 0.15) is 24.8 Å². The summed E-state index contributed by atoms with van der Waals surface area (Å²) in [6, 6.07) is 0.0300. The minimum Gasteiger partial charge on any atom is -0.508 e. The molecular formula is C22H31N5O9S. The SMILES string of the molecule is CSCCC(NC(=O)C(CC(=O)O)NC(=O)C(N)CC(N)=O)C(=O)NC(Cc1ccc(O)cc1)C(=O)O. The molecule has 4 atom stereocenters. The highest BCUT2D eigenvalue weighted by molar-refractivity contribution is 7.98. The summed E-state index contributed by atoms with van der Waals surface area (Å²) in [6.07, 6.45) is 0.314. The number of amides is 4. The van der Waals surface area contributed by atoms with Crippen molar-refractivity contribution in [1.82, 2.24) is 16.0 Å². The van der Waals surface area contributed by atoms with E-state index in [9.17, 15) is 39.0 Å². The van der Waals surface area contributed by atoms with Gasteiger partial charge < -0.3 is 42.7 Å². The Morgan fingerprint density at radius 3 is 1.92 bits per heavy atom. The molecule has 14 nitrogen and oxygen atoms in total. The molecule has 0 bridgehead atoms. The van der Waals surface area contributed by atoms with E-state index in [2.05, 4.69) is 16.0 Å². The van der Waals surface area contributed by atoms with Gasteiger partial charge in [0.15, 0.2) is 0 Å². The molecule has 4 amide bonds. The molecule has 15 heteroatoms. The van der Waals surface area contributed by atoms with Crippen molar-refractivity contribution < 1.29 is 44.1 Å². The van der Waals surface area contributed by atoms with Gasteiger partial charge in [-0.25, -0.2) is 4.79 Å². The maximum Gasteiger partial charge on any atom is 0.326 e. The minimum absolute atomic E-state index is 0.0157. The number of primary amides is 1. The smallest absolute Gasteiger partial charge is 0.326 e. The van der Waals surface area contributed by atoms with Crippen LogP contribution in [0.4, 0.5) is 0 Å². The number of benzene rings is 1. The molecular weight excluding hydrogens is 510 g/mol. The second-order valence-corrected chi connectivity index (χ2v) is 9.03. The first-order valence-electron chi connectivity index (χ1n) is 11.0. The first kappa shape index (κ1) is 31.2. The van der Waals surface area contributed by atoms with Gasteiger partial charge in [-0.15, -0.1) is 0 Å². The Bertz CT molecular complexity index is 989. The van der Waals surface area contributed by atoms with Crippen LogP contribution in [0.2, 0.25) is 0 Å². The molecule has 0 radical (unpaired) electrons. The lowest BCUT2D eigenvalue weighted by Crippen LogP contribution is -2.58. The number of carbonyl (C=O) groups is 6. The van der Waals surface area contributed by atoms with Gasteiger partial charge in [-0.1, -0.05) is 12.1 Å². The monoisotopic (exact) mass is 541 g/mol. The Morgan fingerprint density at radius 1 is 0.865 bits per heavy atom. The van der Waals surface area contributed by atoms with Gasteiger partial charge in [0.25, 0.3) is 0 Å². The van der Waals surface area contributed by atoms with E-state index < -0.39 is 72.6 Å². The molecule has 0 saturated heterocycles. The maximum absolute atomic E-state index is 12.9. The van der Waals surface area contributed by atoms with Gasteiger partial charge in [-0.05, 0) is 36.1 Å². The van der Waals surface area contributed by atoms with Crippen LogP contribution in [0.3, 0.4) is 0 Å². The topological polar surface area (TPSA) is 251 Å². The lowest BCUT2D eigenvalue weighted by Gasteiger charge is -2.24. The zero-order valence-electron chi connectivity index (χ0n) is 20.0. The fraction of sp³-hybridized carbons (Fsp3) is 0.455. The molecule has 1 rings (SSSR count). The van der Waals surface area contributed by atoms with E-state index in [0.717, 1.165) is 0 Å². The third-order valence-electron chi connectivity index (χ3n) is 5.00. The highest BCUT2D eigenvalue weighted by Gasteiger charge is 2.31. The van der Waals surface area contributed by atoms with Crippen LogP contribution in [0, 0.1) is 0 Å².